The van der Waals surface area contributed by atoms with Gasteiger partial charge in [0.05, 0.1) is 0 Å². The second kappa shape index (κ2) is 7.69. The van der Waals surface area contributed by atoms with Crippen molar-refractivity contribution < 1.29 is 9.59 Å². The Morgan fingerprint density at radius 1 is 0.929 bits per heavy atom. The van der Waals surface area contributed by atoms with E-state index >= 15 is 0 Å². The van der Waals surface area contributed by atoms with Crippen molar-refractivity contribution in [1.29, 1.82) is 0 Å². The lowest BCUT2D eigenvalue weighted by atomic mass is 10.1. The molecule has 4 rings (SSSR count). The van der Waals surface area contributed by atoms with E-state index in [0.717, 1.165) is 23.4 Å². The summed E-state index contributed by atoms with van der Waals surface area (Å²) in [6.07, 6.45) is 1.46. The highest BCUT2D eigenvalue weighted by molar-refractivity contribution is 6.13. The molecule has 4 heteroatoms. The topological polar surface area (TPSA) is 49.4 Å². The average Bonchev–Trinajstić information content (AvgIpc) is 3.14. The van der Waals surface area contributed by atoms with Gasteiger partial charge in [0.1, 0.15) is 6.04 Å². The monoisotopic (exact) mass is 370 g/mol. The van der Waals surface area contributed by atoms with E-state index in [1.54, 1.807) is 17.0 Å². The Bertz CT molecular complexity index is 997. The maximum atomic E-state index is 13.2. The summed E-state index contributed by atoms with van der Waals surface area (Å²) in [5, 5.41) is 2.97. The summed E-state index contributed by atoms with van der Waals surface area (Å²) in [4.78, 5) is 27.9. The number of hydrogen-bond acceptors (Lipinski definition) is 2. The lowest BCUT2D eigenvalue weighted by Gasteiger charge is -2.25. The van der Waals surface area contributed by atoms with Gasteiger partial charge in [0.15, 0.2) is 0 Å². The van der Waals surface area contributed by atoms with Crippen LogP contribution in [0.2, 0.25) is 0 Å². The van der Waals surface area contributed by atoms with Gasteiger partial charge in [-0.05, 0) is 47.9 Å². The maximum absolute atomic E-state index is 13.2. The second-order valence-corrected chi connectivity index (χ2v) is 6.93. The molecule has 1 atom stereocenters. The van der Waals surface area contributed by atoms with Crippen molar-refractivity contribution in [2.45, 2.75) is 25.8 Å². The molecule has 28 heavy (non-hydrogen) atoms. The molecule has 0 unspecified atom stereocenters. The fourth-order valence-electron chi connectivity index (χ4n) is 3.62. The predicted molar refractivity (Wildman–Crippen MR) is 112 cm³/mol. The Hall–Kier alpha value is -3.40. The molecule has 0 saturated heterocycles. The number of aryl methyl sites for hydroxylation is 1. The lowest BCUT2D eigenvalue weighted by molar-refractivity contribution is -0.117. The second-order valence-electron chi connectivity index (χ2n) is 6.93. The van der Waals surface area contributed by atoms with Gasteiger partial charge >= 0.3 is 0 Å². The summed E-state index contributed by atoms with van der Waals surface area (Å²) in [5.74, 6) is -0.336. The third-order valence-corrected chi connectivity index (χ3v) is 5.15. The van der Waals surface area contributed by atoms with Crippen molar-refractivity contribution in [3.8, 4) is 0 Å². The van der Waals surface area contributed by atoms with Gasteiger partial charge in [-0.15, -0.1) is 0 Å². The zero-order valence-electron chi connectivity index (χ0n) is 15.8. The zero-order chi connectivity index (χ0) is 19.5. The quantitative estimate of drug-likeness (QED) is 0.737. The van der Waals surface area contributed by atoms with Crippen LogP contribution in [0.3, 0.4) is 0 Å². The highest BCUT2D eigenvalue weighted by Gasteiger charge is 2.38. The highest BCUT2D eigenvalue weighted by Crippen LogP contribution is 2.34. The number of fused-ring (bicyclic) bond motifs is 1. The van der Waals surface area contributed by atoms with E-state index in [-0.39, 0.29) is 11.8 Å². The molecule has 0 spiro atoms. The van der Waals surface area contributed by atoms with Crippen molar-refractivity contribution in [3.63, 3.8) is 0 Å². The van der Waals surface area contributed by atoms with Gasteiger partial charge in [0.25, 0.3) is 5.91 Å². The van der Waals surface area contributed by atoms with Crippen LogP contribution in [0, 0.1) is 0 Å². The number of hydrogen-bond donors (Lipinski definition) is 1. The number of carbonyl (C=O) groups excluding carboxylic acids is 2. The average molecular weight is 370 g/mol. The number of nitrogens with one attached hydrogen (secondary N) is 1. The molecule has 1 aliphatic rings. The van der Waals surface area contributed by atoms with E-state index in [1.807, 2.05) is 66.7 Å². The van der Waals surface area contributed by atoms with E-state index in [1.165, 1.54) is 5.56 Å². The third kappa shape index (κ3) is 3.41. The number of benzene rings is 3. The highest BCUT2D eigenvalue weighted by atomic mass is 16.2. The fraction of sp³-hybridized carbons (Fsp3) is 0.167. The van der Waals surface area contributed by atoms with Gasteiger partial charge in [0, 0.05) is 23.4 Å². The number of amides is 2. The molecule has 1 heterocycles. The molecule has 1 N–H and O–H groups in total. The largest absolute Gasteiger partial charge is 0.324 e. The van der Waals surface area contributed by atoms with E-state index in [2.05, 4.69) is 12.2 Å². The molecule has 0 fully saturated rings. The first-order chi connectivity index (χ1) is 13.7. The minimum atomic E-state index is -0.573. The molecule has 0 aliphatic carbocycles. The van der Waals surface area contributed by atoms with Crippen molar-refractivity contribution in [2.75, 3.05) is 10.2 Å². The van der Waals surface area contributed by atoms with Crippen LogP contribution >= 0.6 is 0 Å². The van der Waals surface area contributed by atoms with Crippen molar-refractivity contribution in [1.82, 2.24) is 0 Å². The van der Waals surface area contributed by atoms with Crippen LogP contribution in [0.5, 0.6) is 0 Å². The molecule has 3 aromatic rings. The molecule has 0 saturated carbocycles. The molecule has 0 radical (unpaired) electrons. The van der Waals surface area contributed by atoms with Crippen LogP contribution in [-0.2, 0) is 17.6 Å². The lowest BCUT2D eigenvalue weighted by Crippen LogP contribution is -2.45. The Labute approximate surface area is 164 Å². The summed E-state index contributed by atoms with van der Waals surface area (Å²) < 4.78 is 0. The molecule has 3 aromatic carbocycles. The molecule has 2 amide bonds. The number of rotatable bonds is 4. The first-order valence-corrected chi connectivity index (χ1v) is 9.53. The Morgan fingerprint density at radius 2 is 1.61 bits per heavy atom. The fourth-order valence-corrected chi connectivity index (χ4v) is 3.62. The van der Waals surface area contributed by atoms with Crippen LogP contribution < -0.4 is 10.2 Å². The maximum Gasteiger partial charge on any atom is 0.259 e. The first-order valence-electron chi connectivity index (χ1n) is 9.53. The van der Waals surface area contributed by atoms with Crippen LogP contribution in [-0.4, -0.2) is 17.9 Å². The summed E-state index contributed by atoms with van der Waals surface area (Å²) in [5.41, 5.74) is 4.34. The normalized spacial score (nSPS) is 15.2. The number of nitrogens with zero attached hydrogens (tertiary/aromatic N) is 1. The van der Waals surface area contributed by atoms with E-state index in [9.17, 15) is 9.59 Å². The zero-order valence-corrected chi connectivity index (χ0v) is 15.8. The van der Waals surface area contributed by atoms with Gasteiger partial charge < -0.3 is 5.32 Å². The molecule has 1 aliphatic heterocycles. The Balaban J connectivity index is 1.63. The van der Waals surface area contributed by atoms with Gasteiger partial charge in [-0.1, -0.05) is 55.5 Å². The van der Waals surface area contributed by atoms with Gasteiger partial charge in [-0.2, -0.15) is 0 Å². The van der Waals surface area contributed by atoms with E-state index in [0.29, 0.717) is 12.0 Å². The number of anilines is 2. The molecule has 4 nitrogen and oxygen atoms in total. The number of carbonyl (C=O) groups is 2. The summed E-state index contributed by atoms with van der Waals surface area (Å²) in [6, 6.07) is 24.1. The smallest absolute Gasteiger partial charge is 0.259 e. The molecule has 0 bridgehead atoms. The molecular weight excluding hydrogens is 348 g/mol. The van der Waals surface area contributed by atoms with Crippen molar-refractivity contribution in [2.24, 2.45) is 0 Å². The Kier molecular flexibility index (Phi) is 4.94. The van der Waals surface area contributed by atoms with Crippen LogP contribution in [0.25, 0.3) is 0 Å². The van der Waals surface area contributed by atoms with Crippen molar-refractivity contribution >= 4 is 23.2 Å². The van der Waals surface area contributed by atoms with Gasteiger partial charge in [-0.3, -0.25) is 14.5 Å². The first kappa shape index (κ1) is 18.0. The van der Waals surface area contributed by atoms with Gasteiger partial charge in [-0.25, -0.2) is 0 Å². The predicted octanol–water partition coefficient (Wildman–Crippen LogP) is 4.46. The SMILES string of the molecule is CCc1ccc(NC(=O)[C@H]2Cc3ccccc3N2C(=O)c2ccccc2)cc1. The Morgan fingerprint density at radius 3 is 2.32 bits per heavy atom. The minimum absolute atomic E-state index is 0.160. The molecule has 140 valence electrons. The molecular formula is C24H22N2O2. The van der Waals surface area contributed by atoms with Crippen LogP contribution in [0.4, 0.5) is 11.4 Å². The summed E-state index contributed by atoms with van der Waals surface area (Å²) in [6.45, 7) is 2.09. The standard InChI is InChI=1S/C24H22N2O2/c1-2-17-12-14-20(15-13-17)25-23(27)22-16-19-10-6-7-11-21(19)26(22)24(28)18-8-4-3-5-9-18/h3-15,22H,2,16H2,1H3,(H,25,27)/t22-/m1/s1. The minimum Gasteiger partial charge on any atom is -0.324 e. The van der Waals surface area contributed by atoms with Crippen LogP contribution in [0.15, 0.2) is 78.9 Å². The van der Waals surface area contributed by atoms with Crippen LogP contribution in [0.1, 0.15) is 28.4 Å². The number of para-hydroxylation sites is 1. The summed E-state index contributed by atoms with van der Waals surface area (Å²) >= 11 is 0. The van der Waals surface area contributed by atoms with Crippen molar-refractivity contribution in [3.05, 3.63) is 95.6 Å². The molecule has 0 aromatic heterocycles. The van der Waals surface area contributed by atoms with E-state index in [4.69, 9.17) is 0 Å². The van der Waals surface area contributed by atoms with Gasteiger partial charge in [0.2, 0.25) is 5.91 Å². The van der Waals surface area contributed by atoms with E-state index < -0.39 is 6.04 Å². The summed E-state index contributed by atoms with van der Waals surface area (Å²) in [7, 11) is 0. The third-order valence-electron chi connectivity index (χ3n) is 5.15.